The van der Waals surface area contributed by atoms with Crippen LogP contribution < -0.4 is 4.72 Å². The zero-order valence-electron chi connectivity index (χ0n) is 11.2. The first-order chi connectivity index (χ1) is 8.97. The third kappa shape index (κ3) is 4.25. The predicted octanol–water partition coefficient (Wildman–Crippen LogP) is 1.06. The molecule has 2 atom stereocenters. The van der Waals surface area contributed by atoms with Crippen LogP contribution in [-0.4, -0.2) is 51.9 Å². The highest BCUT2D eigenvalue weighted by molar-refractivity contribution is 7.88. The second kappa shape index (κ2) is 6.32. The summed E-state index contributed by atoms with van der Waals surface area (Å²) >= 11 is 1.66. The van der Waals surface area contributed by atoms with Crippen LogP contribution in [0.15, 0.2) is 17.5 Å². The van der Waals surface area contributed by atoms with Crippen molar-refractivity contribution >= 4 is 21.4 Å². The van der Waals surface area contributed by atoms with E-state index in [2.05, 4.69) is 15.7 Å². The van der Waals surface area contributed by atoms with Crippen molar-refractivity contribution in [3.05, 3.63) is 22.4 Å². The summed E-state index contributed by atoms with van der Waals surface area (Å²) in [6.07, 6.45) is 1.20. The number of nitrogens with one attached hydrogen (secondary N) is 1. The normalized spacial score (nSPS) is 21.2. The van der Waals surface area contributed by atoms with E-state index in [0.29, 0.717) is 13.2 Å². The van der Waals surface area contributed by atoms with Gasteiger partial charge in [-0.2, -0.15) is 0 Å². The van der Waals surface area contributed by atoms with Crippen molar-refractivity contribution < 1.29 is 13.2 Å². The Hall–Kier alpha value is -0.470. The fourth-order valence-corrected chi connectivity index (χ4v) is 4.23. The Morgan fingerprint density at radius 2 is 2.11 bits per heavy atom. The molecule has 0 bridgehead atoms. The average molecular weight is 304 g/mol. The SMILES string of the molecule is C[C@H](NS(C)(=O)=O)[C@H](c1cccs1)N1CCOCC1. The van der Waals surface area contributed by atoms with Gasteiger partial charge in [-0.1, -0.05) is 6.07 Å². The quantitative estimate of drug-likeness (QED) is 0.884. The zero-order chi connectivity index (χ0) is 13.9. The first-order valence-corrected chi connectivity index (χ1v) is 9.07. The first kappa shape index (κ1) is 14.9. The molecule has 0 unspecified atom stereocenters. The van der Waals surface area contributed by atoms with Crippen LogP contribution in [0.4, 0.5) is 0 Å². The van der Waals surface area contributed by atoms with Crippen LogP contribution >= 0.6 is 11.3 Å². The maximum atomic E-state index is 11.4. The zero-order valence-corrected chi connectivity index (χ0v) is 12.8. The molecule has 0 aromatic carbocycles. The minimum atomic E-state index is -3.20. The number of hydrogen-bond acceptors (Lipinski definition) is 5. The van der Waals surface area contributed by atoms with E-state index in [1.165, 1.54) is 11.1 Å². The van der Waals surface area contributed by atoms with Gasteiger partial charge in [0, 0.05) is 24.0 Å². The molecule has 0 spiro atoms. The van der Waals surface area contributed by atoms with Gasteiger partial charge < -0.3 is 4.74 Å². The molecule has 1 fully saturated rings. The molecule has 2 heterocycles. The van der Waals surface area contributed by atoms with Gasteiger partial charge in [0.1, 0.15) is 0 Å². The molecule has 108 valence electrons. The van der Waals surface area contributed by atoms with Gasteiger partial charge in [0.2, 0.25) is 10.0 Å². The summed E-state index contributed by atoms with van der Waals surface area (Å²) in [6.45, 7) is 4.98. The van der Waals surface area contributed by atoms with Gasteiger partial charge in [0.25, 0.3) is 0 Å². The van der Waals surface area contributed by atoms with Gasteiger partial charge in [-0.15, -0.1) is 11.3 Å². The van der Waals surface area contributed by atoms with Gasteiger partial charge >= 0.3 is 0 Å². The van der Waals surface area contributed by atoms with Gasteiger partial charge in [0.15, 0.2) is 0 Å². The van der Waals surface area contributed by atoms with E-state index in [-0.39, 0.29) is 12.1 Å². The smallest absolute Gasteiger partial charge is 0.209 e. The number of hydrogen-bond donors (Lipinski definition) is 1. The minimum absolute atomic E-state index is 0.0682. The summed E-state index contributed by atoms with van der Waals surface area (Å²) in [5.74, 6) is 0. The van der Waals surface area contributed by atoms with Gasteiger partial charge in [-0.3, -0.25) is 4.90 Å². The van der Waals surface area contributed by atoms with Crippen molar-refractivity contribution in [1.29, 1.82) is 0 Å². The lowest BCUT2D eigenvalue weighted by Crippen LogP contribution is -2.47. The Morgan fingerprint density at radius 1 is 1.42 bits per heavy atom. The van der Waals surface area contributed by atoms with E-state index in [9.17, 15) is 8.42 Å². The Bertz CT molecular complexity index is 481. The molecule has 0 aliphatic carbocycles. The van der Waals surface area contributed by atoms with E-state index in [4.69, 9.17) is 4.74 Å². The largest absolute Gasteiger partial charge is 0.379 e. The van der Waals surface area contributed by atoms with E-state index < -0.39 is 10.0 Å². The van der Waals surface area contributed by atoms with E-state index in [1.807, 2.05) is 18.4 Å². The molecule has 1 aliphatic heterocycles. The maximum absolute atomic E-state index is 11.4. The Balaban J connectivity index is 2.18. The number of sulfonamides is 1. The van der Waals surface area contributed by atoms with Crippen LogP contribution in [0, 0.1) is 0 Å². The molecule has 1 N–H and O–H groups in total. The number of thiophene rings is 1. The van der Waals surface area contributed by atoms with Crippen molar-refractivity contribution in [1.82, 2.24) is 9.62 Å². The topological polar surface area (TPSA) is 58.6 Å². The third-order valence-electron chi connectivity index (χ3n) is 3.15. The molecule has 19 heavy (non-hydrogen) atoms. The molecule has 1 saturated heterocycles. The number of nitrogens with zero attached hydrogens (tertiary/aromatic N) is 1. The summed E-state index contributed by atoms with van der Waals surface area (Å²) in [5.41, 5.74) is 0. The first-order valence-electron chi connectivity index (χ1n) is 6.30. The summed E-state index contributed by atoms with van der Waals surface area (Å²) in [4.78, 5) is 3.48. The highest BCUT2D eigenvalue weighted by Crippen LogP contribution is 2.29. The minimum Gasteiger partial charge on any atom is -0.379 e. The van der Waals surface area contributed by atoms with Crippen molar-refractivity contribution in [2.24, 2.45) is 0 Å². The van der Waals surface area contributed by atoms with E-state index in [1.54, 1.807) is 11.3 Å². The van der Waals surface area contributed by atoms with E-state index in [0.717, 1.165) is 13.1 Å². The van der Waals surface area contributed by atoms with Crippen LogP contribution in [0.25, 0.3) is 0 Å². The third-order valence-corrected chi connectivity index (χ3v) is 4.89. The van der Waals surface area contributed by atoms with Crippen molar-refractivity contribution in [2.75, 3.05) is 32.6 Å². The van der Waals surface area contributed by atoms with Gasteiger partial charge in [0.05, 0.1) is 25.5 Å². The molecule has 7 heteroatoms. The molecule has 1 aromatic heterocycles. The van der Waals surface area contributed by atoms with E-state index >= 15 is 0 Å². The lowest BCUT2D eigenvalue weighted by molar-refractivity contribution is 0.0113. The van der Waals surface area contributed by atoms with Crippen molar-refractivity contribution in [2.45, 2.75) is 19.0 Å². The fraction of sp³-hybridized carbons (Fsp3) is 0.667. The highest BCUT2D eigenvalue weighted by atomic mass is 32.2. The van der Waals surface area contributed by atoms with Crippen molar-refractivity contribution in [3.8, 4) is 0 Å². The molecule has 0 radical (unpaired) electrons. The number of rotatable bonds is 5. The molecular formula is C12H20N2O3S2. The molecule has 1 aliphatic rings. The molecule has 5 nitrogen and oxygen atoms in total. The Kier molecular flexibility index (Phi) is 4.97. The number of ether oxygens (including phenoxy) is 1. The maximum Gasteiger partial charge on any atom is 0.209 e. The average Bonchev–Trinajstić information content (AvgIpc) is 2.82. The fourth-order valence-electron chi connectivity index (χ4n) is 2.46. The molecule has 0 amide bonds. The van der Waals surface area contributed by atoms with Crippen LogP contribution in [0.5, 0.6) is 0 Å². The lowest BCUT2D eigenvalue weighted by atomic mass is 10.1. The van der Waals surface area contributed by atoms with Crippen LogP contribution in [0.1, 0.15) is 17.8 Å². The molecule has 1 aromatic rings. The monoisotopic (exact) mass is 304 g/mol. The summed E-state index contributed by atoms with van der Waals surface area (Å²) in [7, 11) is -3.20. The Labute approximate surface area is 118 Å². The molecule has 2 rings (SSSR count). The standard InChI is InChI=1S/C12H20N2O3S2/c1-10(13-19(2,15)16)12(11-4-3-9-18-11)14-5-7-17-8-6-14/h3-4,9-10,12-13H,5-8H2,1-2H3/t10-,12+/m0/s1. The number of morpholine rings is 1. The van der Waals surface area contributed by atoms with Crippen molar-refractivity contribution in [3.63, 3.8) is 0 Å². The summed E-state index contributed by atoms with van der Waals surface area (Å²) in [5, 5.41) is 2.02. The second-order valence-electron chi connectivity index (χ2n) is 4.79. The summed E-state index contributed by atoms with van der Waals surface area (Å²) < 4.78 is 31.0. The highest BCUT2D eigenvalue weighted by Gasteiger charge is 2.29. The predicted molar refractivity (Wildman–Crippen MR) is 76.9 cm³/mol. The van der Waals surface area contributed by atoms with Gasteiger partial charge in [-0.05, 0) is 18.4 Å². The van der Waals surface area contributed by atoms with Crippen LogP contribution in [-0.2, 0) is 14.8 Å². The summed E-state index contributed by atoms with van der Waals surface area (Å²) in [6, 6.07) is 3.97. The molecule has 0 saturated carbocycles. The van der Waals surface area contributed by atoms with Crippen LogP contribution in [0.2, 0.25) is 0 Å². The molecular weight excluding hydrogens is 284 g/mol. The lowest BCUT2D eigenvalue weighted by Gasteiger charge is -2.37. The van der Waals surface area contributed by atoms with Gasteiger partial charge in [-0.25, -0.2) is 13.1 Å². The second-order valence-corrected chi connectivity index (χ2v) is 7.55. The van der Waals surface area contributed by atoms with Crippen LogP contribution in [0.3, 0.4) is 0 Å². The Morgan fingerprint density at radius 3 is 2.63 bits per heavy atom.